The van der Waals surface area contributed by atoms with E-state index >= 15 is 0 Å². The number of oxime groups is 1. The zero-order chi connectivity index (χ0) is 23.4. The first-order chi connectivity index (χ1) is 15.9. The topological polar surface area (TPSA) is 107 Å². The molecule has 1 heterocycles. The molecule has 4 rings (SSSR count). The molecule has 0 fully saturated rings. The first kappa shape index (κ1) is 22.3. The molecule has 0 aliphatic heterocycles. The fourth-order valence-electron chi connectivity index (χ4n) is 3.06. The van der Waals surface area contributed by atoms with Crippen molar-refractivity contribution in [1.82, 2.24) is 4.98 Å². The number of pyridine rings is 1. The van der Waals surface area contributed by atoms with Crippen LogP contribution in [0.4, 0.5) is 11.5 Å². The molecule has 1 aromatic heterocycles. The third-order valence-electron chi connectivity index (χ3n) is 4.62. The molecule has 7 nitrogen and oxygen atoms in total. The number of aromatic nitrogens is 1. The Morgan fingerprint density at radius 3 is 2.27 bits per heavy atom. The van der Waals surface area contributed by atoms with Crippen LogP contribution in [0.2, 0.25) is 10.0 Å². The summed E-state index contributed by atoms with van der Waals surface area (Å²) < 4.78 is 5.83. The van der Waals surface area contributed by atoms with Crippen molar-refractivity contribution in [1.29, 1.82) is 0 Å². The van der Waals surface area contributed by atoms with Crippen LogP contribution >= 0.6 is 23.2 Å². The normalized spacial score (nSPS) is 11.3. The highest BCUT2D eigenvalue weighted by atomic mass is 35.5. The summed E-state index contributed by atoms with van der Waals surface area (Å²) in [5, 5.41) is 37.2. The van der Waals surface area contributed by atoms with Crippen molar-refractivity contribution in [3.8, 4) is 23.1 Å². The van der Waals surface area contributed by atoms with Gasteiger partial charge in [-0.25, -0.2) is 0 Å². The van der Waals surface area contributed by atoms with Crippen molar-refractivity contribution >= 4 is 40.4 Å². The van der Waals surface area contributed by atoms with E-state index in [1.807, 2.05) is 30.3 Å². The lowest BCUT2D eigenvalue weighted by Crippen LogP contribution is -2.09. The minimum atomic E-state index is -0.280. The number of nitrogens with one attached hydrogen (secondary N) is 1. The smallest absolute Gasteiger partial charge is 0.221 e. The number of phenols is 2. The standard InChI is InChI=1S/C24H17Cl2N3O4/c25-14-6-8-16(9-7-14)33-22-11-10-17(24(28-22)27-15-4-2-1-3-5-15)23(29-32)18-12-21(31)19(26)13-20(18)30/h1-13,30-32H,(H,27,28)/b29-23-. The summed E-state index contributed by atoms with van der Waals surface area (Å²) in [5.74, 6) is 0.521. The van der Waals surface area contributed by atoms with Crippen molar-refractivity contribution in [3.63, 3.8) is 0 Å². The fraction of sp³-hybridized carbons (Fsp3) is 0. The van der Waals surface area contributed by atoms with Crippen LogP contribution < -0.4 is 10.1 Å². The highest BCUT2D eigenvalue weighted by Crippen LogP contribution is 2.35. The SMILES string of the molecule is O/N=C(\c1cc(O)c(Cl)cc1O)c1ccc(Oc2ccc(Cl)cc2)nc1Nc1ccccc1. The number of para-hydroxylation sites is 1. The van der Waals surface area contributed by atoms with Gasteiger partial charge in [0.25, 0.3) is 0 Å². The number of aromatic hydroxyl groups is 2. The van der Waals surface area contributed by atoms with Gasteiger partial charge in [0.05, 0.1) is 5.02 Å². The van der Waals surface area contributed by atoms with Crippen LogP contribution in [0, 0.1) is 0 Å². The molecule has 9 heteroatoms. The largest absolute Gasteiger partial charge is 0.507 e. The van der Waals surface area contributed by atoms with E-state index in [1.54, 1.807) is 36.4 Å². The summed E-state index contributed by atoms with van der Waals surface area (Å²) in [6, 6.07) is 21.6. The summed E-state index contributed by atoms with van der Waals surface area (Å²) in [6.07, 6.45) is 0. The van der Waals surface area contributed by atoms with Gasteiger partial charge in [-0.15, -0.1) is 0 Å². The lowest BCUT2D eigenvalue weighted by molar-refractivity contribution is 0.319. The third kappa shape index (κ3) is 5.11. The number of hydrogen-bond donors (Lipinski definition) is 4. The summed E-state index contributed by atoms with van der Waals surface area (Å²) in [5.41, 5.74) is 1.07. The molecule has 3 aromatic carbocycles. The summed E-state index contributed by atoms with van der Waals surface area (Å²) in [7, 11) is 0. The zero-order valence-corrected chi connectivity index (χ0v) is 18.4. The molecule has 0 radical (unpaired) electrons. The Labute approximate surface area is 199 Å². The molecule has 0 aliphatic carbocycles. The van der Waals surface area contributed by atoms with E-state index in [1.165, 1.54) is 6.07 Å². The fourth-order valence-corrected chi connectivity index (χ4v) is 3.34. The van der Waals surface area contributed by atoms with Gasteiger partial charge in [0.1, 0.15) is 28.8 Å². The van der Waals surface area contributed by atoms with Crippen molar-refractivity contribution < 1.29 is 20.2 Å². The van der Waals surface area contributed by atoms with Crippen LogP contribution in [-0.2, 0) is 0 Å². The number of nitrogens with zero attached hydrogens (tertiary/aromatic N) is 2. The number of hydrogen-bond acceptors (Lipinski definition) is 7. The van der Waals surface area contributed by atoms with Crippen molar-refractivity contribution in [3.05, 3.63) is 100 Å². The Kier molecular flexibility index (Phi) is 6.53. The Morgan fingerprint density at radius 1 is 0.848 bits per heavy atom. The van der Waals surface area contributed by atoms with E-state index in [-0.39, 0.29) is 39.5 Å². The average Bonchev–Trinajstić information content (AvgIpc) is 2.81. The van der Waals surface area contributed by atoms with Crippen LogP contribution in [0.1, 0.15) is 11.1 Å². The maximum absolute atomic E-state index is 10.4. The lowest BCUT2D eigenvalue weighted by Gasteiger charge is -2.15. The minimum absolute atomic E-state index is 0.0385. The number of rotatable bonds is 6. The number of ether oxygens (including phenoxy) is 1. The quantitative estimate of drug-likeness (QED) is 0.107. The molecule has 0 saturated carbocycles. The van der Waals surface area contributed by atoms with Gasteiger partial charge in [0.2, 0.25) is 5.88 Å². The van der Waals surface area contributed by atoms with Crippen LogP contribution in [-0.4, -0.2) is 26.1 Å². The van der Waals surface area contributed by atoms with E-state index in [9.17, 15) is 15.4 Å². The molecule has 33 heavy (non-hydrogen) atoms. The van der Waals surface area contributed by atoms with Gasteiger partial charge >= 0.3 is 0 Å². The highest BCUT2D eigenvalue weighted by Gasteiger charge is 2.20. The summed E-state index contributed by atoms with van der Waals surface area (Å²) in [4.78, 5) is 4.52. The number of halogens is 2. The number of anilines is 2. The van der Waals surface area contributed by atoms with Crippen LogP contribution in [0.5, 0.6) is 23.1 Å². The summed E-state index contributed by atoms with van der Waals surface area (Å²) >= 11 is 11.8. The van der Waals surface area contributed by atoms with Gasteiger partial charge in [-0.1, -0.05) is 46.6 Å². The Balaban J connectivity index is 1.79. The van der Waals surface area contributed by atoms with Gasteiger partial charge in [0, 0.05) is 34.0 Å². The van der Waals surface area contributed by atoms with E-state index in [2.05, 4.69) is 15.5 Å². The van der Waals surface area contributed by atoms with Gasteiger partial charge < -0.3 is 25.5 Å². The van der Waals surface area contributed by atoms with Crippen molar-refractivity contribution in [2.75, 3.05) is 5.32 Å². The molecule has 0 saturated heterocycles. The lowest BCUT2D eigenvalue weighted by atomic mass is 10.0. The molecule has 0 atom stereocenters. The molecule has 4 N–H and O–H groups in total. The summed E-state index contributed by atoms with van der Waals surface area (Å²) in [6.45, 7) is 0. The molecule has 0 spiro atoms. The highest BCUT2D eigenvalue weighted by molar-refractivity contribution is 6.32. The van der Waals surface area contributed by atoms with E-state index in [0.29, 0.717) is 16.3 Å². The second-order valence-corrected chi connectivity index (χ2v) is 7.71. The molecule has 0 aliphatic rings. The molecule has 166 valence electrons. The van der Waals surface area contributed by atoms with Gasteiger partial charge in [-0.05, 0) is 48.5 Å². The van der Waals surface area contributed by atoms with Gasteiger partial charge in [0.15, 0.2) is 0 Å². The Bertz CT molecular complexity index is 1310. The van der Waals surface area contributed by atoms with Crippen LogP contribution in [0.3, 0.4) is 0 Å². The maximum Gasteiger partial charge on any atom is 0.221 e. The van der Waals surface area contributed by atoms with Crippen LogP contribution in [0.15, 0.2) is 84.0 Å². The first-order valence-electron chi connectivity index (χ1n) is 9.65. The Morgan fingerprint density at radius 2 is 1.58 bits per heavy atom. The molecule has 0 bridgehead atoms. The molecule has 0 unspecified atom stereocenters. The van der Waals surface area contributed by atoms with E-state index in [0.717, 1.165) is 11.8 Å². The predicted octanol–water partition coefficient (Wildman–Crippen LogP) is 6.56. The zero-order valence-electron chi connectivity index (χ0n) is 16.9. The predicted molar refractivity (Wildman–Crippen MR) is 128 cm³/mol. The third-order valence-corrected chi connectivity index (χ3v) is 5.17. The number of phenolic OH excluding ortho intramolecular Hbond substituents is 2. The molecule has 0 amide bonds. The van der Waals surface area contributed by atoms with E-state index < -0.39 is 0 Å². The first-order valence-corrected chi connectivity index (χ1v) is 10.4. The van der Waals surface area contributed by atoms with Gasteiger partial charge in [-0.3, -0.25) is 0 Å². The maximum atomic E-state index is 10.4. The molecular weight excluding hydrogens is 465 g/mol. The monoisotopic (exact) mass is 481 g/mol. The van der Waals surface area contributed by atoms with Gasteiger partial charge in [-0.2, -0.15) is 4.98 Å². The second kappa shape index (κ2) is 9.68. The van der Waals surface area contributed by atoms with Crippen LogP contribution in [0.25, 0.3) is 0 Å². The van der Waals surface area contributed by atoms with Crippen molar-refractivity contribution in [2.24, 2.45) is 5.16 Å². The van der Waals surface area contributed by atoms with Crippen molar-refractivity contribution in [2.45, 2.75) is 0 Å². The number of benzene rings is 3. The Hall–Kier alpha value is -3.94. The molecular formula is C24H17Cl2N3O4. The second-order valence-electron chi connectivity index (χ2n) is 6.86. The minimum Gasteiger partial charge on any atom is -0.507 e. The average molecular weight is 482 g/mol. The van der Waals surface area contributed by atoms with E-state index in [4.69, 9.17) is 27.9 Å². The molecule has 4 aromatic rings.